The second-order valence-corrected chi connectivity index (χ2v) is 5.37. The second kappa shape index (κ2) is 5.13. The third kappa shape index (κ3) is 2.41. The summed E-state index contributed by atoms with van der Waals surface area (Å²) in [5, 5.41) is 11.7. The first kappa shape index (κ1) is 14.0. The standard InChI is InChI=1S/C14H11ClFNO4/c15-7-5-6(1-2-8(7)16)17-13(18)11-9-3-4-10(21-9)12(11)14(19)20/h1-5,9-12H,(H,17,18)(H,19,20)/t9-,10-,11+,12-/m1/s1. The molecule has 21 heavy (non-hydrogen) atoms. The molecule has 0 radical (unpaired) electrons. The molecule has 3 rings (SSSR count). The van der Waals surface area contributed by atoms with Gasteiger partial charge in [0.15, 0.2) is 0 Å². The molecule has 0 aliphatic carbocycles. The number of hydrogen-bond acceptors (Lipinski definition) is 3. The molecule has 2 N–H and O–H groups in total. The van der Waals surface area contributed by atoms with Gasteiger partial charge in [-0.3, -0.25) is 9.59 Å². The van der Waals surface area contributed by atoms with Gasteiger partial charge in [0.1, 0.15) is 11.7 Å². The van der Waals surface area contributed by atoms with Gasteiger partial charge in [0.25, 0.3) is 0 Å². The van der Waals surface area contributed by atoms with E-state index in [0.29, 0.717) is 5.69 Å². The van der Waals surface area contributed by atoms with Crippen LogP contribution in [-0.2, 0) is 14.3 Å². The molecule has 2 aliphatic heterocycles. The number of nitrogens with one attached hydrogen (secondary N) is 1. The molecule has 0 unspecified atom stereocenters. The predicted octanol–water partition coefficient (Wildman–Crippen LogP) is 2.07. The molecular formula is C14H11ClFNO4. The van der Waals surface area contributed by atoms with Crippen LogP contribution >= 0.6 is 11.6 Å². The first-order valence-corrected chi connectivity index (χ1v) is 6.67. The molecule has 5 nitrogen and oxygen atoms in total. The number of carboxylic acid groups (broad SMARTS) is 1. The van der Waals surface area contributed by atoms with E-state index in [2.05, 4.69) is 5.32 Å². The van der Waals surface area contributed by atoms with Gasteiger partial charge in [-0.1, -0.05) is 23.8 Å². The number of ether oxygens (including phenoxy) is 1. The first-order valence-electron chi connectivity index (χ1n) is 6.30. The number of carbonyl (C=O) groups is 2. The van der Waals surface area contributed by atoms with Crippen LogP contribution in [0.1, 0.15) is 0 Å². The molecule has 2 heterocycles. The summed E-state index contributed by atoms with van der Waals surface area (Å²) in [5.41, 5.74) is 0.308. The molecule has 4 atom stereocenters. The number of rotatable bonds is 3. The van der Waals surface area contributed by atoms with Crippen LogP contribution < -0.4 is 5.32 Å². The zero-order chi connectivity index (χ0) is 15.1. The summed E-state index contributed by atoms with van der Waals surface area (Å²) in [6, 6.07) is 3.76. The summed E-state index contributed by atoms with van der Waals surface area (Å²) in [6.07, 6.45) is 2.21. The number of anilines is 1. The van der Waals surface area contributed by atoms with E-state index in [0.717, 1.165) is 6.07 Å². The molecule has 110 valence electrons. The highest BCUT2D eigenvalue weighted by Gasteiger charge is 2.53. The zero-order valence-electron chi connectivity index (χ0n) is 10.6. The van der Waals surface area contributed by atoms with Gasteiger partial charge in [-0.2, -0.15) is 0 Å². The van der Waals surface area contributed by atoms with Crippen molar-refractivity contribution in [2.45, 2.75) is 12.2 Å². The van der Waals surface area contributed by atoms with Crippen molar-refractivity contribution in [1.29, 1.82) is 0 Å². The van der Waals surface area contributed by atoms with E-state index in [4.69, 9.17) is 16.3 Å². The third-order valence-corrected chi connectivity index (χ3v) is 3.96. The molecule has 7 heteroatoms. The van der Waals surface area contributed by atoms with Gasteiger partial charge < -0.3 is 15.2 Å². The van der Waals surface area contributed by atoms with Crippen LogP contribution in [0.2, 0.25) is 5.02 Å². The Bertz CT molecular complexity index is 648. The molecule has 2 aliphatic rings. The normalized spacial score (nSPS) is 29.6. The van der Waals surface area contributed by atoms with Crippen molar-refractivity contribution in [2.75, 3.05) is 5.32 Å². The Morgan fingerprint density at radius 3 is 2.52 bits per heavy atom. The van der Waals surface area contributed by atoms with Gasteiger partial charge in [0.2, 0.25) is 5.91 Å². The van der Waals surface area contributed by atoms with Crippen molar-refractivity contribution in [3.8, 4) is 0 Å². The van der Waals surface area contributed by atoms with Crippen molar-refractivity contribution < 1.29 is 23.8 Å². The van der Waals surface area contributed by atoms with Crippen molar-refractivity contribution in [2.24, 2.45) is 11.8 Å². The van der Waals surface area contributed by atoms with E-state index >= 15 is 0 Å². The number of hydrogen-bond donors (Lipinski definition) is 2. The van der Waals surface area contributed by atoms with Crippen LogP contribution in [0.25, 0.3) is 0 Å². The van der Waals surface area contributed by atoms with Gasteiger partial charge in [-0.05, 0) is 18.2 Å². The Morgan fingerprint density at radius 1 is 1.24 bits per heavy atom. The summed E-state index contributed by atoms with van der Waals surface area (Å²) < 4.78 is 18.5. The van der Waals surface area contributed by atoms with Gasteiger partial charge in [0.05, 0.1) is 23.1 Å². The van der Waals surface area contributed by atoms with Gasteiger partial charge in [-0.25, -0.2) is 4.39 Å². The number of halogens is 2. The maximum absolute atomic E-state index is 13.1. The average molecular weight is 312 g/mol. The van der Waals surface area contributed by atoms with Gasteiger partial charge >= 0.3 is 5.97 Å². The highest BCUT2D eigenvalue weighted by atomic mass is 35.5. The third-order valence-electron chi connectivity index (χ3n) is 3.67. The van der Waals surface area contributed by atoms with Crippen molar-refractivity contribution in [3.63, 3.8) is 0 Å². The lowest BCUT2D eigenvalue weighted by molar-refractivity contribution is -0.145. The fourth-order valence-corrected chi connectivity index (χ4v) is 2.90. The minimum absolute atomic E-state index is 0.119. The summed E-state index contributed by atoms with van der Waals surface area (Å²) in [7, 11) is 0. The maximum atomic E-state index is 13.1. The van der Waals surface area contributed by atoms with E-state index in [1.807, 2.05) is 0 Å². The molecule has 0 aromatic heterocycles. The Balaban J connectivity index is 1.80. The summed E-state index contributed by atoms with van der Waals surface area (Å²) in [4.78, 5) is 23.6. The quantitative estimate of drug-likeness (QED) is 0.838. The summed E-state index contributed by atoms with van der Waals surface area (Å²) in [6.45, 7) is 0. The topological polar surface area (TPSA) is 75.6 Å². The number of carbonyl (C=O) groups excluding carboxylic acids is 1. The van der Waals surface area contributed by atoms with Gasteiger partial charge in [-0.15, -0.1) is 0 Å². The molecule has 0 saturated carbocycles. The Morgan fingerprint density at radius 2 is 1.90 bits per heavy atom. The molecule has 1 amide bonds. The largest absolute Gasteiger partial charge is 0.481 e. The van der Waals surface area contributed by atoms with Crippen LogP contribution in [0.5, 0.6) is 0 Å². The zero-order valence-corrected chi connectivity index (χ0v) is 11.4. The van der Waals surface area contributed by atoms with Gasteiger partial charge in [0, 0.05) is 5.69 Å². The maximum Gasteiger partial charge on any atom is 0.310 e. The lowest BCUT2D eigenvalue weighted by atomic mass is 9.82. The van der Waals surface area contributed by atoms with Crippen LogP contribution in [0.4, 0.5) is 10.1 Å². The first-order chi connectivity index (χ1) is 9.97. The van der Waals surface area contributed by atoms with Crippen LogP contribution in [0, 0.1) is 17.7 Å². The second-order valence-electron chi connectivity index (χ2n) is 4.96. The SMILES string of the molecule is O=C(Nc1ccc(F)c(Cl)c1)[C@@H]1[C@H](C(=O)O)[C@H]2C=C[C@H]1O2. The van der Waals surface area contributed by atoms with Crippen LogP contribution in [-0.4, -0.2) is 29.2 Å². The summed E-state index contributed by atoms with van der Waals surface area (Å²) >= 11 is 5.64. The van der Waals surface area contributed by atoms with E-state index < -0.39 is 41.7 Å². The summed E-state index contributed by atoms with van der Waals surface area (Å²) in [5.74, 6) is -3.90. The number of carboxylic acids is 1. The highest BCUT2D eigenvalue weighted by Crippen LogP contribution is 2.39. The smallest absolute Gasteiger partial charge is 0.310 e. The molecular weight excluding hydrogens is 301 g/mol. The van der Waals surface area contributed by atoms with Crippen molar-refractivity contribution in [3.05, 3.63) is 41.2 Å². The van der Waals surface area contributed by atoms with E-state index in [9.17, 15) is 19.1 Å². The average Bonchev–Trinajstić information content (AvgIpc) is 3.03. The monoisotopic (exact) mass is 311 g/mol. The van der Waals surface area contributed by atoms with Crippen LogP contribution in [0.3, 0.4) is 0 Å². The number of aliphatic carboxylic acids is 1. The van der Waals surface area contributed by atoms with Crippen molar-refractivity contribution in [1.82, 2.24) is 0 Å². The molecule has 0 spiro atoms. The van der Waals surface area contributed by atoms with E-state index in [1.54, 1.807) is 12.2 Å². The highest BCUT2D eigenvalue weighted by molar-refractivity contribution is 6.31. The number of benzene rings is 1. The van der Waals surface area contributed by atoms with Crippen molar-refractivity contribution >= 4 is 29.2 Å². The predicted molar refractivity (Wildman–Crippen MR) is 72.5 cm³/mol. The van der Waals surface area contributed by atoms with Crippen LogP contribution in [0.15, 0.2) is 30.4 Å². The Kier molecular flexibility index (Phi) is 3.43. The molecule has 1 saturated heterocycles. The van der Waals surface area contributed by atoms with E-state index in [-0.39, 0.29) is 5.02 Å². The molecule has 2 bridgehead atoms. The lowest BCUT2D eigenvalue weighted by Gasteiger charge is -2.21. The molecule has 1 aromatic carbocycles. The fourth-order valence-electron chi connectivity index (χ4n) is 2.71. The number of amides is 1. The minimum Gasteiger partial charge on any atom is -0.481 e. The fraction of sp³-hybridized carbons (Fsp3) is 0.286. The number of fused-ring (bicyclic) bond motifs is 2. The van der Waals surface area contributed by atoms with E-state index in [1.165, 1.54) is 12.1 Å². The lowest BCUT2D eigenvalue weighted by Crippen LogP contribution is -2.39. The molecule has 1 aromatic rings. The Labute approximate surface area is 124 Å². The minimum atomic E-state index is -1.08. The Hall–Kier alpha value is -1.92. The molecule has 1 fully saturated rings.